The van der Waals surface area contributed by atoms with E-state index in [1.165, 1.54) is 0 Å². The van der Waals surface area contributed by atoms with Gasteiger partial charge in [0.1, 0.15) is 11.8 Å². The van der Waals surface area contributed by atoms with Crippen LogP contribution in [-0.4, -0.2) is 41.7 Å². The Morgan fingerprint density at radius 2 is 2.00 bits per heavy atom. The van der Waals surface area contributed by atoms with Gasteiger partial charge in [-0.1, -0.05) is 0 Å². The number of piperidine rings is 1. The molecule has 0 unspecified atom stereocenters. The maximum Gasteiger partial charge on any atom is 0.355 e. The molecule has 19 heavy (non-hydrogen) atoms. The molecule has 0 atom stereocenters. The molecule has 2 N–H and O–H groups in total. The lowest BCUT2D eigenvalue weighted by atomic mass is 10.1. The molecule has 1 saturated carbocycles. The molecule has 1 aromatic rings. The Balaban J connectivity index is 1.66. The first-order valence-corrected chi connectivity index (χ1v) is 7.00. The minimum Gasteiger partial charge on any atom is -0.458 e. The van der Waals surface area contributed by atoms with Crippen molar-refractivity contribution >= 4 is 11.7 Å². The average molecular weight is 263 g/mol. The molecule has 1 aromatic heterocycles. The van der Waals surface area contributed by atoms with Crippen LogP contribution in [0.5, 0.6) is 0 Å². The van der Waals surface area contributed by atoms with Gasteiger partial charge in [0.2, 0.25) is 0 Å². The van der Waals surface area contributed by atoms with Gasteiger partial charge in [-0.05, 0) is 38.8 Å². The van der Waals surface area contributed by atoms with Crippen LogP contribution in [0.3, 0.4) is 0 Å². The van der Waals surface area contributed by atoms with Crippen LogP contribution in [0.2, 0.25) is 0 Å². The van der Waals surface area contributed by atoms with E-state index in [9.17, 15) is 4.79 Å². The topological polar surface area (TPSA) is 60.5 Å². The molecule has 2 fully saturated rings. The summed E-state index contributed by atoms with van der Waals surface area (Å²) in [5, 5.41) is 0. The van der Waals surface area contributed by atoms with Crippen molar-refractivity contribution in [1.29, 1.82) is 0 Å². The van der Waals surface area contributed by atoms with E-state index in [2.05, 4.69) is 11.9 Å². The Labute approximate surface area is 113 Å². The van der Waals surface area contributed by atoms with Crippen LogP contribution in [0.25, 0.3) is 0 Å². The lowest BCUT2D eigenvalue weighted by molar-refractivity contribution is 0.0128. The molecular weight excluding hydrogens is 242 g/mol. The van der Waals surface area contributed by atoms with Gasteiger partial charge in [0.05, 0.1) is 5.69 Å². The molecule has 0 aromatic carbocycles. The number of carbonyl (C=O) groups is 1. The van der Waals surface area contributed by atoms with Gasteiger partial charge in [0.25, 0.3) is 0 Å². The number of esters is 1. The van der Waals surface area contributed by atoms with Crippen molar-refractivity contribution in [1.82, 2.24) is 9.47 Å². The summed E-state index contributed by atoms with van der Waals surface area (Å²) in [5.41, 5.74) is 7.05. The van der Waals surface area contributed by atoms with Crippen molar-refractivity contribution in [2.75, 3.05) is 25.9 Å². The van der Waals surface area contributed by atoms with E-state index in [-0.39, 0.29) is 12.1 Å². The van der Waals surface area contributed by atoms with Crippen LogP contribution in [0.15, 0.2) is 12.3 Å². The molecule has 1 aliphatic heterocycles. The Bertz CT molecular complexity index is 471. The number of hydrogen-bond donors (Lipinski definition) is 1. The van der Waals surface area contributed by atoms with Crippen LogP contribution in [-0.2, 0) is 4.74 Å². The minimum atomic E-state index is -0.224. The second-order valence-corrected chi connectivity index (χ2v) is 5.71. The second-order valence-electron chi connectivity index (χ2n) is 5.71. The van der Waals surface area contributed by atoms with E-state index in [1.54, 1.807) is 6.07 Å². The third kappa shape index (κ3) is 2.76. The summed E-state index contributed by atoms with van der Waals surface area (Å²) in [5.74, 6) is -0.224. The zero-order valence-electron chi connectivity index (χ0n) is 11.3. The molecule has 1 aliphatic carbocycles. The maximum atomic E-state index is 12.2. The van der Waals surface area contributed by atoms with Crippen molar-refractivity contribution in [3.05, 3.63) is 18.0 Å². The quantitative estimate of drug-likeness (QED) is 0.842. The minimum absolute atomic E-state index is 0.0486. The number of rotatable bonds is 3. The number of likely N-dealkylation sites (tertiary alicyclic amines) is 1. The summed E-state index contributed by atoms with van der Waals surface area (Å²) >= 11 is 0. The number of nitrogen functional groups attached to an aromatic ring is 1. The molecule has 2 heterocycles. The smallest absolute Gasteiger partial charge is 0.355 e. The standard InChI is InChI=1S/C14H21N3O2/c1-16-6-4-12(5-7-16)19-14(18)13-8-10(15)9-17(13)11-2-3-11/h8-9,11-12H,2-7,15H2,1H3. The fourth-order valence-electron chi connectivity index (χ4n) is 2.63. The highest BCUT2D eigenvalue weighted by atomic mass is 16.5. The van der Waals surface area contributed by atoms with Crippen LogP contribution >= 0.6 is 0 Å². The van der Waals surface area contributed by atoms with E-state index in [1.807, 2.05) is 10.8 Å². The van der Waals surface area contributed by atoms with Crippen molar-refractivity contribution in [2.45, 2.75) is 37.8 Å². The van der Waals surface area contributed by atoms with E-state index < -0.39 is 0 Å². The molecular formula is C14H21N3O2. The summed E-state index contributed by atoms with van der Waals surface area (Å²) in [4.78, 5) is 14.5. The third-order valence-electron chi connectivity index (χ3n) is 3.96. The number of aromatic nitrogens is 1. The first-order valence-electron chi connectivity index (χ1n) is 7.00. The highest BCUT2D eigenvalue weighted by Crippen LogP contribution is 2.37. The lowest BCUT2D eigenvalue weighted by Crippen LogP contribution is -2.35. The molecule has 5 nitrogen and oxygen atoms in total. The van der Waals surface area contributed by atoms with Crippen LogP contribution < -0.4 is 5.73 Å². The van der Waals surface area contributed by atoms with Crippen LogP contribution in [0.4, 0.5) is 5.69 Å². The predicted molar refractivity (Wildman–Crippen MR) is 73.0 cm³/mol. The number of ether oxygens (including phenoxy) is 1. The normalized spacial score (nSPS) is 21.5. The van der Waals surface area contributed by atoms with Gasteiger partial charge >= 0.3 is 5.97 Å². The molecule has 104 valence electrons. The molecule has 0 radical (unpaired) electrons. The van der Waals surface area contributed by atoms with Gasteiger partial charge in [-0.15, -0.1) is 0 Å². The van der Waals surface area contributed by atoms with Crippen molar-refractivity contribution in [3.63, 3.8) is 0 Å². The molecule has 0 bridgehead atoms. The van der Waals surface area contributed by atoms with Gasteiger partial charge in [0, 0.05) is 25.3 Å². The van der Waals surface area contributed by atoms with Gasteiger partial charge < -0.3 is 19.9 Å². The number of carbonyl (C=O) groups excluding carboxylic acids is 1. The Hall–Kier alpha value is -1.49. The summed E-state index contributed by atoms with van der Waals surface area (Å²) in [6.07, 6.45) is 5.99. The first-order chi connectivity index (χ1) is 9.13. The third-order valence-corrected chi connectivity index (χ3v) is 3.96. The lowest BCUT2D eigenvalue weighted by Gasteiger charge is -2.28. The average Bonchev–Trinajstić information content (AvgIpc) is 3.15. The summed E-state index contributed by atoms with van der Waals surface area (Å²) in [6.45, 7) is 1.98. The fourth-order valence-corrected chi connectivity index (χ4v) is 2.63. The van der Waals surface area contributed by atoms with E-state index >= 15 is 0 Å². The summed E-state index contributed by atoms with van der Waals surface area (Å²) in [6, 6.07) is 2.17. The molecule has 0 spiro atoms. The second kappa shape index (κ2) is 4.89. The van der Waals surface area contributed by atoms with Crippen LogP contribution in [0.1, 0.15) is 42.2 Å². The SMILES string of the molecule is CN1CCC(OC(=O)c2cc(N)cn2C2CC2)CC1. The van der Waals surface area contributed by atoms with Crippen LogP contribution in [0, 0.1) is 0 Å². The van der Waals surface area contributed by atoms with Crippen molar-refractivity contribution in [2.24, 2.45) is 0 Å². The summed E-state index contributed by atoms with van der Waals surface area (Å²) < 4.78 is 7.59. The Morgan fingerprint density at radius 1 is 1.32 bits per heavy atom. The highest BCUT2D eigenvalue weighted by Gasteiger charge is 2.29. The molecule has 1 saturated heterocycles. The van der Waals surface area contributed by atoms with Gasteiger partial charge in [-0.25, -0.2) is 4.79 Å². The number of hydrogen-bond acceptors (Lipinski definition) is 4. The number of anilines is 1. The first kappa shape index (κ1) is 12.5. The Kier molecular flexibility index (Phi) is 3.22. The highest BCUT2D eigenvalue weighted by molar-refractivity contribution is 5.89. The summed E-state index contributed by atoms with van der Waals surface area (Å²) in [7, 11) is 2.09. The monoisotopic (exact) mass is 263 g/mol. The molecule has 5 heteroatoms. The van der Waals surface area contributed by atoms with E-state index in [0.717, 1.165) is 38.8 Å². The van der Waals surface area contributed by atoms with Crippen molar-refractivity contribution in [3.8, 4) is 0 Å². The Morgan fingerprint density at radius 3 is 2.63 bits per heavy atom. The zero-order valence-corrected chi connectivity index (χ0v) is 11.3. The molecule has 3 rings (SSSR count). The van der Waals surface area contributed by atoms with Gasteiger partial charge in [-0.3, -0.25) is 0 Å². The fraction of sp³-hybridized carbons (Fsp3) is 0.643. The number of nitrogens with two attached hydrogens (primary N) is 1. The van der Waals surface area contributed by atoms with Crippen molar-refractivity contribution < 1.29 is 9.53 Å². The maximum absolute atomic E-state index is 12.2. The number of nitrogens with zero attached hydrogens (tertiary/aromatic N) is 2. The van der Waals surface area contributed by atoms with E-state index in [4.69, 9.17) is 10.5 Å². The molecule has 2 aliphatic rings. The zero-order chi connectivity index (χ0) is 13.4. The van der Waals surface area contributed by atoms with Gasteiger partial charge in [-0.2, -0.15) is 0 Å². The largest absolute Gasteiger partial charge is 0.458 e. The predicted octanol–water partition coefficient (Wildman–Crippen LogP) is 1.66. The molecule has 0 amide bonds. The van der Waals surface area contributed by atoms with Gasteiger partial charge in [0.15, 0.2) is 0 Å². The van der Waals surface area contributed by atoms with E-state index in [0.29, 0.717) is 17.4 Å².